The van der Waals surface area contributed by atoms with Gasteiger partial charge >= 0.3 is 0 Å². The van der Waals surface area contributed by atoms with Crippen LogP contribution in [0, 0.1) is 0 Å². The van der Waals surface area contributed by atoms with Gasteiger partial charge in [-0.1, -0.05) is 42.5 Å². The van der Waals surface area contributed by atoms with Crippen molar-refractivity contribution in [2.24, 2.45) is 5.73 Å². The Kier molecular flexibility index (Phi) is 5.91. The van der Waals surface area contributed by atoms with Gasteiger partial charge in [0.15, 0.2) is 0 Å². The Labute approximate surface area is 154 Å². The molecule has 1 heterocycles. The number of nitrogens with one attached hydrogen (secondary N) is 1. The van der Waals surface area contributed by atoms with Crippen molar-refractivity contribution in [3.63, 3.8) is 0 Å². The first kappa shape index (κ1) is 18.4. The van der Waals surface area contributed by atoms with Gasteiger partial charge in [0.2, 0.25) is 5.91 Å². The number of rotatable bonds is 6. The first-order chi connectivity index (χ1) is 12.6. The third-order valence-corrected chi connectivity index (χ3v) is 4.78. The average molecular weight is 354 g/mol. The maximum Gasteiger partial charge on any atom is 0.237 e. The molecule has 1 fully saturated rings. The zero-order chi connectivity index (χ0) is 18.4. The van der Waals surface area contributed by atoms with Crippen LogP contribution < -0.4 is 15.8 Å². The van der Waals surface area contributed by atoms with Crippen LogP contribution >= 0.6 is 0 Å². The minimum atomic E-state index is -0.539. The highest BCUT2D eigenvalue weighted by Crippen LogP contribution is 2.33. The molecule has 0 radical (unpaired) electrons. The summed E-state index contributed by atoms with van der Waals surface area (Å²) in [6, 6.07) is 17.5. The highest BCUT2D eigenvalue weighted by atomic mass is 16.5. The summed E-state index contributed by atoms with van der Waals surface area (Å²) in [6.45, 7) is 3.46. The molecule has 1 amide bonds. The van der Waals surface area contributed by atoms with Crippen molar-refractivity contribution in [2.75, 3.05) is 13.2 Å². The van der Waals surface area contributed by atoms with Gasteiger partial charge in [-0.25, -0.2) is 0 Å². The molecular weight excluding hydrogens is 328 g/mol. The predicted molar refractivity (Wildman–Crippen MR) is 101 cm³/mol. The van der Waals surface area contributed by atoms with Gasteiger partial charge in [-0.3, -0.25) is 4.79 Å². The highest BCUT2D eigenvalue weighted by Gasteiger charge is 2.36. The molecule has 0 unspecified atom stereocenters. The Balaban J connectivity index is 1.72. The molecule has 138 valence electrons. The summed E-state index contributed by atoms with van der Waals surface area (Å²) in [5.74, 6) is 0.662. The molecule has 0 bridgehead atoms. The van der Waals surface area contributed by atoms with E-state index in [0.717, 1.165) is 29.7 Å². The fourth-order valence-electron chi connectivity index (χ4n) is 3.17. The van der Waals surface area contributed by atoms with E-state index in [0.29, 0.717) is 19.8 Å². The number of benzene rings is 2. The molecule has 3 rings (SSSR count). The quantitative estimate of drug-likeness (QED) is 0.837. The molecule has 1 saturated heterocycles. The predicted octanol–water partition coefficient (Wildman–Crippen LogP) is 2.73. The Hall–Kier alpha value is -2.37. The van der Waals surface area contributed by atoms with Gasteiger partial charge in [-0.15, -0.1) is 0 Å². The van der Waals surface area contributed by atoms with E-state index in [1.807, 2.05) is 54.6 Å². The van der Waals surface area contributed by atoms with Crippen LogP contribution in [0.5, 0.6) is 5.75 Å². The largest absolute Gasteiger partial charge is 0.489 e. The second-order valence-corrected chi connectivity index (χ2v) is 6.77. The summed E-state index contributed by atoms with van der Waals surface area (Å²) in [5, 5.41) is 3.14. The Morgan fingerprint density at radius 1 is 1.15 bits per heavy atom. The zero-order valence-corrected chi connectivity index (χ0v) is 15.1. The monoisotopic (exact) mass is 354 g/mol. The number of nitrogens with two attached hydrogens (primary N) is 1. The lowest BCUT2D eigenvalue weighted by Gasteiger charge is -2.39. The molecule has 1 aliphatic heterocycles. The maximum atomic E-state index is 12.2. The Morgan fingerprint density at radius 2 is 1.81 bits per heavy atom. The fraction of sp³-hybridized carbons (Fsp3) is 0.381. The fourth-order valence-corrected chi connectivity index (χ4v) is 3.17. The van der Waals surface area contributed by atoms with Crippen molar-refractivity contribution >= 4 is 5.91 Å². The van der Waals surface area contributed by atoms with Gasteiger partial charge in [0.1, 0.15) is 12.4 Å². The molecule has 2 aromatic carbocycles. The highest BCUT2D eigenvalue weighted by molar-refractivity contribution is 5.82. The lowest BCUT2D eigenvalue weighted by molar-refractivity contribution is -0.125. The van der Waals surface area contributed by atoms with Crippen LogP contribution in [0.4, 0.5) is 0 Å². The standard InChI is InChI=1S/C21H26N2O3/c1-16(22)20(24)23-21(11-13-25-14-12-21)18-7-9-19(10-8-18)26-15-17-5-3-2-4-6-17/h2-10,16H,11-15,22H2,1H3,(H,23,24)/t16-/m0/s1. The molecule has 2 aromatic rings. The first-order valence-corrected chi connectivity index (χ1v) is 9.02. The van der Waals surface area contributed by atoms with Gasteiger partial charge < -0.3 is 20.5 Å². The molecule has 5 nitrogen and oxygen atoms in total. The summed E-state index contributed by atoms with van der Waals surface area (Å²) in [7, 11) is 0. The van der Waals surface area contributed by atoms with Gasteiger partial charge in [-0.05, 0) is 43.0 Å². The van der Waals surface area contributed by atoms with Gasteiger partial charge in [0.05, 0.1) is 11.6 Å². The van der Waals surface area contributed by atoms with Crippen molar-refractivity contribution < 1.29 is 14.3 Å². The van der Waals surface area contributed by atoms with E-state index in [1.54, 1.807) is 6.92 Å². The van der Waals surface area contributed by atoms with Gasteiger partial charge in [-0.2, -0.15) is 0 Å². The molecule has 0 saturated carbocycles. The molecule has 3 N–H and O–H groups in total. The summed E-state index contributed by atoms with van der Waals surface area (Å²) >= 11 is 0. The number of carbonyl (C=O) groups excluding carboxylic acids is 1. The smallest absolute Gasteiger partial charge is 0.237 e. The van der Waals surface area contributed by atoms with Crippen LogP contribution in [0.2, 0.25) is 0 Å². The van der Waals surface area contributed by atoms with Crippen molar-refractivity contribution in [2.45, 2.75) is 38.0 Å². The van der Waals surface area contributed by atoms with E-state index < -0.39 is 11.6 Å². The minimum Gasteiger partial charge on any atom is -0.489 e. The van der Waals surface area contributed by atoms with Crippen LogP contribution in [0.15, 0.2) is 54.6 Å². The first-order valence-electron chi connectivity index (χ1n) is 9.02. The second kappa shape index (κ2) is 8.34. The molecule has 0 aliphatic carbocycles. The van der Waals surface area contributed by atoms with Crippen LogP contribution in [-0.4, -0.2) is 25.2 Å². The van der Waals surface area contributed by atoms with Crippen molar-refractivity contribution in [3.05, 3.63) is 65.7 Å². The van der Waals surface area contributed by atoms with E-state index in [9.17, 15) is 4.79 Å². The topological polar surface area (TPSA) is 73.6 Å². The molecular formula is C21H26N2O3. The molecule has 0 spiro atoms. The lowest BCUT2D eigenvalue weighted by atomic mass is 9.82. The molecule has 1 atom stereocenters. The van der Waals surface area contributed by atoms with E-state index in [2.05, 4.69) is 5.32 Å². The Bertz CT molecular complexity index is 708. The number of ether oxygens (including phenoxy) is 2. The normalized spacial score (nSPS) is 17.3. The average Bonchev–Trinajstić information content (AvgIpc) is 2.68. The van der Waals surface area contributed by atoms with Crippen molar-refractivity contribution in [1.29, 1.82) is 0 Å². The third kappa shape index (κ3) is 4.42. The number of amides is 1. The lowest BCUT2D eigenvalue weighted by Crippen LogP contribution is -2.53. The SMILES string of the molecule is C[C@H](N)C(=O)NC1(c2ccc(OCc3ccccc3)cc2)CCOCC1. The van der Waals surface area contributed by atoms with E-state index in [4.69, 9.17) is 15.2 Å². The third-order valence-electron chi connectivity index (χ3n) is 4.78. The van der Waals surface area contributed by atoms with E-state index in [-0.39, 0.29) is 5.91 Å². The van der Waals surface area contributed by atoms with Gasteiger partial charge in [0.25, 0.3) is 0 Å². The Morgan fingerprint density at radius 3 is 2.42 bits per heavy atom. The van der Waals surface area contributed by atoms with Crippen LogP contribution in [-0.2, 0) is 21.7 Å². The summed E-state index contributed by atoms with van der Waals surface area (Å²) < 4.78 is 11.3. The van der Waals surface area contributed by atoms with Crippen LogP contribution in [0.1, 0.15) is 30.9 Å². The van der Waals surface area contributed by atoms with E-state index >= 15 is 0 Å². The summed E-state index contributed by atoms with van der Waals surface area (Å²) in [5.41, 5.74) is 7.50. The zero-order valence-electron chi connectivity index (χ0n) is 15.1. The molecule has 5 heteroatoms. The summed E-state index contributed by atoms with van der Waals surface area (Å²) in [6.07, 6.45) is 1.46. The molecule has 26 heavy (non-hydrogen) atoms. The minimum absolute atomic E-state index is 0.142. The number of carbonyl (C=O) groups is 1. The second-order valence-electron chi connectivity index (χ2n) is 6.77. The van der Waals surface area contributed by atoms with Crippen molar-refractivity contribution in [1.82, 2.24) is 5.32 Å². The van der Waals surface area contributed by atoms with Crippen LogP contribution in [0.25, 0.3) is 0 Å². The molecule has 0 aromatic heterocycles. The van der Waals surface area contributed by atoms with Crippen LogP contribution in [0.3, 0.4) is 0 Å². The maximum absolute atomic E-state index is 12.2. The van der Waals surface area contributed by atoms with Crippen molar-refractivity contribution in [3.8, 4) is 5.75 Å². The number of hydrogen-bond donors (Lipinski definition) is 2. The number of hydrogen-bond acceptors (Lipinski definition) is 4. The summed E-state index contributed by atoms with van der Waals surface area (Å²) in [4.78, 5) is 12.2. The van der Waals surface area contributed by atoms with Gasteiger partial charge in [0, 0.05) is 13.2 Å². The van der Waals surface area contributed by atoms with E-state index in [1.165, 1.54) is 0 Å². The molecule has 1 aliphatic rings.